The second-order valence-electron chi connectivity index (χ2n) is 5.67. The number of aliphatic hydroxyl groups is 1. The van der Waals surface area contributed by atoms with Gasteiger partial charge in [0.15, 0.2) is 0 Å². The van der Waals surface area contributed by atoms with E-state index in [1.54, 1.807) is 0 Å². The highest BCUT2D eigenvalue weighted by molar-refractivity contribution is 5.83. The highest BCUT2D eigenvalue weighted by atomic mass is 16.3. The van der Waals surface area contributed by atoms with Gasteiger partial charge in [0.1, 0.15) is 0 Å². The molecule has 3 heteroatoms. The molecule has 3 nitrogen and oxygen atoms in total. The number of hydrogen-bond acceptors (Lipinski definition) is 2. The lowest BCUT2D eigenvalue weighted by molar-refractivity contribution is 0.116. The Kier molecular flexibility index (Phi) is 3.58. The van der Waals surface area contributed by atoms with Crippen molar-refractivity contribution in [2.75, 3.05) is 0 Å². The van der Waals surface area contributed by atoms with Crippen LogP contribution in [0, 0.1) is 0 Å². The van der Waals surface area contributed by atoms with Crippen LogP contribution in [0.4, 0.5) is 0 Å². The summed E-state index contributed by atoms with van der Waals surface area (Å²) in [6, 6.07) is 9.10. The van der Waals surface area contributed by atoms with Crippen LogP contribution in [0.2, 0.25) is 0 Å². The summed E-state index contributed by atoms with van der Waals surface area (Å²) in [6.07, 6.45) is 6.20. The normalized spacial score (nSPS) is 23.9. The van der Waals surface area contributed by atoms with Gasteiger partial charge in [-0.2, -0.15) is 0 Å². The summed E-state index contributed by atoms with van der Waals surface area (Å²) >= 11 is 0. The Morgan fingerprint density at radius 2 is 1.95 bits per heavy atom. The molecule has 0 bridgehead atoms. The molecule has 3 rings (SSSR count). The van der Waals surface area contributed by atoms with Crippen molar-refractivity contribution in [1.29, 1.82) is 0 Å². The molecular formula is C16H22N2O. The molecule has 0 saturated heterocycles. The molecule has 1 saturated carbocycles. The lowest BCUT2D eigenvalue weighted by atomic mass is 9.93. The van der Waals surface area contributed by atoms with Gasteiger partial charge in [0.2, 0.25) is 0 Å². The zero-order valence-corrected chi connectivity index (χ0v) is 11.5. The highest BCUT2D eigenvalue weighted by Gasteiger charge is 2.19. The third kappa shape index (κ3) is 2.67. The second-order valence-corrected chi connectivity index (χ2v) is 5.67. The molecular weight excluding hydrogens is 236 g/mol. The maximum atomic E-state index is 9.53. The topological polar surface area (TPSA) is 37.2 Å². The smallest absolute Gasteiger partial charge is 0.0541 e. The van der Waals surface area contributed by atoms with Gasteiger partial charge in [0, 0.05) is 36.7 Å². The first-order chi connectivity index (χ1) is 9.24. The third-order valence-electron chi connectivity index (χ3n) is 4.26. The van der Waals surface area contributed by atoms with Gasteiger partial charge in [-0.15, -0.1) is 0 Å². The summed E-state index contributed by atoms with van der Waals surface area (Å²) in [7, 11) is 2.10. The van der Waals surface area contributed by atoms with Gasteiger partial charge in [-0.05, 0) is 37.3 Å². The van der Waals surface area contributed by atoms with E-state index < -0.39 is 0 Å². The van der Waals surface area contributed by atoms with E-state index in [-0.39, 0.29) is 6.10 Å². The van der Waals surface area contributed by atoms with Gasteiger partial charge in [-0.25, -0.2) is 0 Å². The summed E-state index contributed by atoms with van der Waals surface area (Å²) in [4.78, 5) is 0. The van der Waals surface area contributed by atoms with Crippen molar-refractivity contribution in [2.45, 2.75) is 44.4 Å². The Labute approximate surface area is 114 Å². The minimum absolute atomic E-state index is 0.0735. The number of rotatable bonds is 3. The SMILES string of the molecule is Cn1cc(CNC2CCC(O)CC2)c2ccccc21. The number of nitrogens with zero attached hydrogens (tertiary/aromatic N) is 1. The molecule has 0 radical (unpaired) electrons. The number of fused-ring (bicyclic) bond motifs is 1. The molecule has 2 aromatic rings. The van der Waals surface area contributed by atoms with Crippen molar-refractivity contribution < 1.29 is 5.11 Å². The summed E-state index contributed by atoms with van der Waals surface area (Å²) < 4.78 is 2.19. The fraction of sp³-hybridized carbons (Fsp3) is 0.500. The monoisotopic (exact) mass is 258 g/mol. The van der Waals surface area contributed by atoms with E-state index in [0.29, 0.717) is 6.04 Å². The van der Waals surface area contributed by atoms with Crippen LogP contribution < -0.4 is 5.32 Å². The van der Waals surface area contributed by atoms with Crippen LogP contribution in [-0.4, -0.2) is 21.8 Å². The zero-order valence-electron chi connectivity index (χ0n) is 11.5. The van der Waals surface area contributed by atoms with Gasteiger partial charge in [-0.3, -0.25) is 0 Å². The maximum Gasteiger partial charge on any atom is 0.0541 e. The molecule has 0 spiro atoms. The Balaban J connectivity index is 1.69. The van der Waals surface area contributed by atoms with Crippen LogP contribution in [-0.2, 0) is 13.6 Å². The Morgan fingerprint density at radius 1 is 1.21 bits per heavy atom. The number of aliphatic hydroxyl groups excluding tert-OH is 1. The van der Waals surface area contributed by atoms with E-state index in [1.165, 1.54) is 16.5 Å². The van der Waals surface area contributed by atoms with Crippen molar-refractivity contribution in [2.24, 2.45) is 7.05 Å². The van der Waals surface area contributed by atoms with Gasteiger partial charge < -0.3 is 15.0 Å². The minimum Gasteiger partial charge on any atom is -0.393 e. The van der Waals surface area contributed by atoms with Gasteiger partial charge in [0.25, 0.3) is 0 Å². The Hall–Kier alpha value is -1.32. The van der Waals surface area contributed by atoms with Crippen LogP contribution in [0.15, 0.2) is 30.5 Å². The number of aryl methyl sites for hydroxylation is 1. The van der Waals surface area contributed by atoms with Gasteiger partial charge >= 0.3 is 0 Å². The predicted molar refractivity (Wildman–Crippen MR) is 78.0 cm³/mol. The van der Waals surface area contributed by atoms with E-state index in [4.69, 9.17) is 0 Å². The maximum absolute atomic E-state index is 9.53. The summed E-state index contributed by atoms with van der Waals surface area (Å²) in [6.45, 7) is 0.919. The molecule has 102 valence electrons. The quantitative estimate of drug-likeness (QED) is 0.888. The molecule has 1 aliphatic carbocycles. The first kappa shape index (κ1) is 12.7. The standard InChI is InChI=1S/C16H22N2O/c1-18-11-12(15-4-2-3-5-16(15)18)10-17-13-6-8-14(19)9-7-13/h2-5,11,13-14,17,19H,6-10H2,1H3. The van der Waals surface area contributed by atoms with Gasteiger partial charge in [-0.1, -0.05) is 18.2 Å². The number of nitrogens with one attached hydrogen (secondary N) is 1. The first-order valence-corrected chi connectivity index (χ1v) is 7.18. The molecule has 1 fully saturated rings. The molecule has 0 unspecified atom stereocenters. The van der Waals surface area contributed by atoms with Gasteiger partial charge in [0.05, 0.1) is 6.10 Å². The predicted octanol–water partition coefficient (Wildman–Crippen LogP) is 2.57. The molecule has 0 atom stereocenters. The molecule has 0 aliphatic heterocycles. The van der Waals surface area contributed by atoms with Crippen molar-refractivity contribution >= 4 is 10.9 Å². The molecule has 1 heterocycles. The lowest BCUT2D eigenvalue weighted by Gasteiger charge is -2.26. The van der Waals surface area contributed by atoms with Crippen molar-refractivity contribution in [1.82, 2.24) is 9.88 Å². The minimum atomic E-state index is -0.0735. The van der Waals surface area contributed by atoms with Crippen molar-refractivity contribution in [3.63, 3.8) is 0 Å². The first-order valence-electron chi connectivity index (χ1n) is 7.18. The Morgan fingerprint density at radius 3 is 2.74 bits per heavy atom. The van der Waals surface area contributed by atoms with E-state index >= 15 is 0 Å². The fourth-order valence-electron chi connectivity index (χ4n) is 3.10. The number of para-hydroxylation sites is 1. The summed E-state index contributed by atoms with van der Waals surface area (Å²) in [5, 5.41) is 14.5. The number of benzene rings is 1. The van der Waals surface area contributed by atoms with Crippen molar-refractivity contribution in [3.8, 4) is 0 Å². The van der Waals surface area contributed by atoms with Crippen LogP contribution in [0.25, 0.3) is 10.9 Å². The molecule has 2 N–H and O–H groups in total. The fourth-order valence-corrected chi connectivity index (χ4v) is 3.10. The van der Waals surface area contributed by atoms with Crippen LogP contribution >= 0.6 is 0 Å². The Bertz CT molecular complexity index is 553. The highest BCUT2D eigenvalue weighted by Crippen LogP contribution is 2.22. The average Bonchev–Trinajstić information content (AvgIpc) is 2.76. The zero-order chi connectivity index (χ0) is 13.2. The van der Waals surface area contributed by atoms with E-state index in [2.05, 4.69) is 47.4 Å². The van der Waals surface area contributed by atoms with Crippen LogP contribution in [0.3, 0.4) is 0 Å². The molecule has 1 aromatic heterocycles. The van der Waals surface area contributed by atoms with E-state index in [9.17, 15) is 5.11 Å². The summed E-state index contributed by atoms with van der Waals surface area (Å²) in [5.41, 5.74) is 2.66. The van der Waals surface area contributed by atoms with E-state index in [0.717, 1.165) is 32.2 Å². The summed E-state index contributed by atoms with van der Waals surface area (Å²) in [5.74, 6) is 0. The van der Waals surface area contributed by atoms with Crippen LogP contribution in [0.5, 0.6) is 0 Å². The molecule has 0 amide bonds. The average molecular weight is 258 g/mol. The van der Waals surface area contributed by atoms with E-state index in [1.807, 2.05) is 0 Å². The number of hydrogen-bond donors (Lipinski definition) is 2. The van der Waals surface area contributed by atoms with Crippen LogP contribution in [0.1, 0.15) is 31.2 Å². The number of aromatic nitrogens is 1. The second kappa shape index (κ2) is 5.35. The largest absolute Gasteiger partial charge is 0.393 e. The molecule has 19 heavy (non-hydrogen) atoms. The lowest BCUT2D eigenvalue weighted by Crippen LogP contribution is -2.34. The molecule has 1 aromatic carbocycles. The van der Waals surface area contributed by atoms with Crippen molar-refractivity contribution in [3.05, 3.63) is 36.0 Å². The third-order valence-corrected chi connectivity index (χ3v) is 4.26. The molecule has 1 aliphatic rings.